The minimum absolute atomic E-state index is 0.0274. The predicted molar refractivity (Wildman–Crippen MR) is 166 cm³/mol. The molecule has 11 nitrogen and oxygen atoms in total. The summed E-state index contributed by atoms with van der Waals surface area (Å²) < 4.78 is 30.4. The van der Waals surface area contributed by atoms with E-state index in [1.165, 1.54) is 32.5 Å². The van der Waals surface area contributed by atoms with Crippen molar-refractivity contribution < 1.29 is 18.5 Å². The molecule has 4 aromatic rings. The minimum atomic E-state index is -0.701. The number of aromatic nitrogens is 3. The zero-order chi connectivity index (χ0) is 31.9. The first-order chi connectivity index (χ1) is 22.3. The number of nitrogens with one attached hydrogen (secondary N) is 1. The SMILES string of the molecule is O=Cc1ccc(-c2cccc(-n3c(=O)n(C4CCC(NC(=O)C5=C[N+]6CN(F)C=CC6=N5)CC4)c(=O)c4cc(F)cnc43)c2)cc1. The summed E-state index contributed by atoms with van der Waals surface area (Å²) in [6.45, 7) is -0.0620. The van der Waals surface area contributed by atoms with E-state index in [0.717, 1.165) is 29.7 Å². The lowest BCUT2D eigenvalue weighted by Gasteiger charge is -2.30. The van der Waals surface area contributed by atoms with E-state index in [2.05, 4.69) is 15.3 Å². The summed E-state index contributed by atoms with van der Waals surface area (Å²) >= 11 is 0. The topological polar surface area (TPSA) is 125 Å². The molecule has 7 rings (SSSR count). The lowest BCUT2D eigenvalue weighted by molar-refractivity contribution is -0.118. The Morgan fingerprint density at radius 2 is 1.80 bits per heavy atom. The molecule has 4 heterocycles. The maximum atomic E-state index is 14.4. The van der Waals surface area contributed by atoms with Gasteiger partial charge < -0.3 is 5.32 Å². The molecule has 1 fully saturated rings. The average Bonchev–Trinajstić information content (AvgIpc) is 3.50. The lowest BCUT2D eigenvalue weighted by Crippen LogP contribution is -2.45. The van der Waals surface area contributed by atoms with Crippen molar-refractivity contribution in [2.24, 2.45) is 4.99 Å². The number of carbonyl (C=O) groups excluding carboxylic acids is 2. The van der Waals surface area contributed by atoms with Crippen LogP contribution in [0.3, 0.4) is 0 Å². The molecule has 0 saturated heterocycles. The van der Waals surface area contributed by atoms with Gasteiger partial charge in [0.05, 0.1) is 17.3 Å². The molecule has 1 saturated carbocycles. The summed E-state index contributed by atoms with van der Waals surface area (Å²) in [5.74, 6) is -0.619. The summed E-state index contributed by atoms with van der Waals surface area (Å²) in [6.07, 6.45) is 7.73. The van der Waals surface area contributed by atoms with Crippen LogP contribution < -0.4 is 21.5 Å². The van der Waals surface area contributed by atoms with Gasteiger partial charge in [0.15, 0.2) is 17.5 Å². The van der Waals surface area contributed by atoms with Gasteiger partial charge in [-0.15, -0.1) is 0 Å². The van der Waals surface area contributed by atoms with E-state index in [-0.39, 0.29) is 29.4 Å². The Bertz CT molecular complexity index is 2090. The molecule has 1 radical (unpaired) electrons. The number of pyridine rings is 1. The van der Waals surface area contributed by atoms with Crippen LogP contribution in [-0.2, 0) is 4.79 Å². The molecule has 0 bridgehead atoms. The van der Waals surface area contributed by atoms with Crippen LogP contribution in [0.4, 0.5) is 8.87 Å². The Labute approximate surface area is 260 Å². The van der Waals surface area contributed by atoms with Crippen LogP contribution in [0.15, 0.2) is 99.5 Å². The zero-order valence-electron chi connectivity index (χ0n) is 24.3. The maximum absolute atomic E-state index is 14.4. The van der Waals surface area contributed by atoms with Crippen molar-refractivity contribution in [3.8, 4) is 16.8 Å². The van der Waals surface area contributed by atoms with Crippen LogP contribution in [-0.4, -0.2) is 50.0 Å². The molecule has 3 aliphatic rings. The Morgan fingerprint density at radius 3 is 2.57 bits per heavy atom. The molecular formula is C33H27F2N7O4+. The number of nitrogens with zero attached hydrogens (tertiary/aromatic N) is 6. The highest BCUT2D eigenvalue weighted by Gasteiger charge is 2.36. The van der Waals surface area contributed by atoms with Gasteiger partial charge in [0.2, 0.25) is 6.67 Å². The highest BCUT2D eigenvalue weighted by molar-refractivity contribution is 6.05. The first-order valence-electron chi connectivity index (χ1n) is 14.8. The van der Waals surface area contributed by atoms with E-state index in [1.807, 2.05) is 6.07 Å². The third-order valence-electron chi connectivity index (χ3n) is 8.49. The number of aldehydes is 1. The second-order valence-electron chi connectivity index (χ2n) is 11.4. The van der Waals surface area contributed by atoms with Gasteiger partial charge in [-0.2, -0.15) is 10.1 Å². The van der Waals surface area contributed by atoms with Crippen molar-refractivity contribution in [3.63, 3.8) is 0 Å². The number of rotatable bonds is 6. The molecule has 1 aliphatic carbocycles. The first-order valence-corrected chi connectivity index (χ1v) is 14.8. The van der Waals surface area contributed by atoms with Gasteiger partial charge in [-0.1, -0.05) is 45.8 Å². The van der Waals surface area contributed by atoms with Crippen LogP contribution in [0.2, 0.25) is 0 Å². The van der Waals surface area contributed by atoms with Crippen molar-refractivity contribution in [2.45, 2.75) is 37.8 Å². The molecular weight excluding hydrogens is 596 g/mol. The zero-order valence-corrected chi connectivity index (χ0v) is 24.3. The fraction of sp³-hybridized carbons (Fsp3) is 0.212. The molecule has 0 unspecified atom stereocenters. The van der Waals surface area contributed by atoms with Crippen LogP contribution in [0.1, 0.15) is 42.1 Å². The number of amidine groups is 1. The monoisotopic (exact) mass is 623 g/mol. The molecule has 0 atom stereocenters. The van der Waals surface area contributed by atoms with E-state index in [4.69, 9.17) is 0 Å². The van der Waals surface area contributed by atoms with E-state index in [0.29, 0.717) is 47.9 Å². The molecule has 2 aromatic heterocycles. The van der Waals surface area contributed by atoms with Gasteiger partial charge in [-0.05, 0) is 55.0 Å². The Morgan fingerprint density at radius 1 is 1.02 bits per heavy atom. The van der Waals surface area contributed by atoms with Crippen LogP contribution in [0.5, 0.6) is 0 Å². The summed E-state index contributed by atoms with van der Waals surface area (Å²) in [7, 11) is 0. The summed E-state index contributed by atoms with van der Waals surface area (Å²) in [5, 5.41) is 3.42. The Balaban J connectivity index is 1.17. The standard InChI is InChI=1S/C33H27F2N7O4/c34-23-15-27-30(36-16-23)41(26-3-1-2-22(14-26)21-6-4-20(18-43)5-7-21)33(46)42(32(27)45)25-10-8-24(9-11-25)37-31(44)28-17-39-19-40(35)13-12-29(39)38-28/h1-7,12-18,24-25H,8-11,19H2,(H,37,44)/q+1. The number of hydrogen-bond donors (Lipinski definition) is 1. The number of carbonyl (C=O) groups is 2. The van der Waals surface area contributed by atoms with E-state index in [9.17, 15) is 28.0 Å². The Hall–Kier alpha value is -5.56. The van der Waals surface area contributed by atoms with Crippen LogP contribution in [0.25, 0.3) is 27.8 Å². The van der Waals surface area contributed by atoms with Crippen molar-refractivity contribution in [1.29, 1.82) is 0 Å². The molecule has 231 valence electrons. The number of fused-ring (bicyclic) bond motifs is 2. The third-order valence-corrected chi connectivity index (χ3v) is 8.49. The lowest BCUT2D eigenvalue weighted by atomic mass is 9.90. The maximum Gasteiger partial charge on any atom is 0.337 e. The summed E-state index contributed by atoms with van der Waals surface area (Å²) in [6, 6.07) is 14.5. The van der Waals surface area contributed by atoms with Crippen molar-refractivity contribution >= 4 is 29.1 Å². The van der Waals surface area contributed by atoms with Gasteiger partial charge in [-0.25, -0.2) is 18.7 Å². The van der Waals surface area contributed by atoms with E-state index < -0.39 is 29.0 Å². The number of benzene rings is 2. The van der Waals surface area contributed by atoms with Crippen molar-refractivity contribution in [3.05, 3.63) is 117 Å². The van der Waals surface area contributed by atoms with Gasteiger partial charge in [0, 0.05) is 29.9 Å². The van der Waals surface area contributed by atoms with Gasteiger partial charge >= 0.3 is 5.69 Å². The van der Waals surface area contributed by atoms with Crippen LogP contribution >= 0.6 is 0 Å². The fourth-order valence-corrected chi connectivity index (χ4v) is 6.18. The normalized spacial score (nSPS) is 19.5. The van der Waals surface area contributed by atoms with Gasteiger partial charge in [0.1, 0.15) is 12.1 Å². The van der Waals surface area contributed by atoms with E-state index in [1.54, 1.807) is 42.5 Å². The summed E-state index contributed by atoms with van der Waals surface area (Å²) in [5.41, 5.74) is 1.52. The molecule has 46 heavy (non-hydrogen) atoms. The molecule has 2 aromatic carbocycles. The number of amides is 1. The number of hydrogen-bond acceptors (Lipinski definition) is 8. The predicted octanol–water partition coefficient (Wildman–Crippen LogP) is 3.83. The first kappa shape index (κ1) is 29.2. The molecule has 1 amide bonds. The molecule has 0 spiro atoms. The molecule has 13 heteroatoms. The minimum Gasteiger partial charge on any atom is -0.348 e. The van der Waals surface area contributed by atoms with Gasteiger partial charge in [-0.3, -0.25) is 19.0 Å². The summed E-state index contributed by atoms with van der Waals surface area (Å²) in [4.78, 5) is 61.8. The highest BCUT2D eigenvalue weighted by atomic mass is 19.2. The second-order valence-corrected chi connectivity index (χ2v) is 11.4. The molecule has 2 aliphatic heterocycles. The molecule has 1 N–H and O–H groups in total. The van der Waals surface area contributed by atoms with Crippen molar-refractivity contribution in [2.75, 3.05) is 6.67 Å². The largest absolute Gasteiger partial charge is 0.348 e. The smallest absolute Gasteiger partial charge is 0.337 e. The third kappa shape index (κ3) is 5.34. The van der Waals surface area contributed by atoms with Crippen molar-refractivity contribution in [1.82, 2.24) is 29.5 Å². The quantitative estimate of drug-likeness (QED) is 0.198. The Kier molecular flexibility index (Phi) is 7.45. The average molecular weight is 624 g/mol. The van der Waals surface area contributed by atoms with Crippen LogP contribution in [0, 0.1) is 5.82 Å². The van der Waals surface area contributed by atoms with Gasteiger partial charge in [0.25, 0.3) is 17.3 Å². The highest BCUT2D eigenvalue weighted by Crippen LogP contribution is 2.29. The number of aliphatic imine (C=N–C) groups is 1. The second kappa shape index (κ2) is 11.7. The van der Waals surface area contributed by atoms with E-state index >= 15 is 0 Å². The fourth-order valence-electron chi connectivity index (χ4n) is 6.18. The number of halogens is 2.